The molecule has 3 rings (SSSR count). The van der Waals surface area contributed by atoms with Crippen molar-refractivity contribution >= 4 is 5.69 Å². The van der Waals surface area contributed by atoms with E-state index in [1.807, 2.05) is 0 Å². The summed E-state index contributed by atoms with van der Waals surface area (Å²) in [6.45, 7) is 3.65. The molecular formula is C17H26N2O2. The third kappa shape index (κ3) is 4.11. The van der Waals surface area contributed by atoms with Crippen LogP contribution in [0.5, 0.6) is 5.75 Å². The van der Waals surface area contributed by atoms with Crippen LogP contribution < -0.4 is 15.4 Å². The van der Waals surface area contributed by atoms with Crippen molar-refractivity contribution in [2.75, 3.05) is 31.2 Å². The molecule has 2 fully saturated rings. The third-order valence-corrected chi connectivity index (χ3v) is 4.45. The quantitative estimate of drug-likeness (QED) is 0.926. The van der Waals surface area contributed by atoms with Crippen molar-refractivity contribution in [2.45, 2.75) is 44.2 Å². The smallest absolute Gasteiger partial charge is 0.119 e. The fourth-order valence-electron chi connectivity index (χ4n) is 3.04. The van der Waals surface area contributed by atoms with Gasteiger partial charge in [0.15, 0.2) is 0 Å². The van der Waals surface area contributed by atoms with Crippen LogP contribution in [0, 0.1) is 0 Å². The summed E-state index contributed by atoms with van der Waals surface area (Å²) < 4.78 is 11.5. The van der Waals surface area contributed by atoms with E-state index in [1.54, 1.807) is 0 Å². The van der Waals surface area contributed by atoms with E-state index in [1.165, 1.54) is 18.5 Å². The molecule has 116 valence electrons. The molecule has 0 aromatic heterocycles. The van der Waals surface area contributed by atoms with E-state index < -0.39 is 0 Å². The molecule has 0 spiro atoms. The second kappa shape index (κ2) is 7.14. The van der Waals surface area contributed by atoms with Crippen LogP contribution in [0.15, 0.2) is 24.3 Å². The summed E-state index contributed by atoms with van der Waals surface area (Å²) in [7, 11) is 0. The minimum atomic E-state index is 0.266. The van der Waals surface area contributed by atoms with E-state index in [4.69, 9.17) is 15.2 Å². The van der Waals surface area contributed by atoms with Gasteiger partial charge in [-0.3, -0.25) is 0 Å². The maximum atomic E-state index is 5.95. The van der Waals surface area contributed by atoms with Crippen LogP contribution in [0.25, 0.3) is 0 Å². The molecule has 0 bridgehead atoms. The molecule has 2 saturated heterocycles. The minimum Gasteiger partial charge on any atom is -0.491 e. The summed E-state index contributed by atoms with van der Waals surface area (Å²) >= 11 is 0. The van der Waals surface area contributed by atoms with Gasteiger partial charge in [-0.15, -0.1) is 0 Å². The summed E-state index contributed by atoms with van der Waals surface area (Å²) in [6, 6.07) is 8.79. The molecule has 2 N–H and O–H groups in total. The second-order valence-electron chi connectivity index (χ2n) is 6.12. The van der Waals surface area contributed by atoms with Crippen LogP contribution in [0.2, 0.25) is 0 Å². The monoisotopic (exact) mass is 290 g/mol. The molecule has 4 nitrogen and oxygen atoms in total. The lowest BCUT2D eigenvalue weighted by Crippen LogP contribution is -2.39. The Hall–Kier alpha value is -1.26. The van der Waals surface area contributed by atoms with Gasteiger partial charge in [-0.1, -0.05) is 0 Å². The maximum absolute atomic E-state index is 5.95. The van der Waals surface area contributed by atoms with E-state index >= 15 is 0 Å². The van der Waals surface area contributed by atoms with Crippen molar-refractivity contribution in [1.29, 1.82) is 0 Å². The van der Waals surface area contributed by atoms with Crippen molar-refractivity contribution in [3.8, 4) is 5.75 Å². The molecular weight excluding hydrogens is 264 g/mol. The van der Waals surface area contributed by atoms with Gasteiger partial charge in [-0.05, 0) is 56.4 Å². The molecule has 21 heavy (non-hydrogen) atoms. The number of piperidine rings is 1. The van der Waals surface area contributed by atoms with E-state index in [0.717, 1.165) is 44.7 Å². The van der Waals surface area contributed by atoms with Crippen molar-refractivity contribution in [3.63, 3.8) is 0 Å². The zero-order valence-electron chi connectivity index (χ0n) is 12.7. The highest BCUT2D eigenvalue weighted by Gasteiger charge is 2.17. The van der Waals surface area contributed by atoms with Gasteiger partial charge in [0.1, 0.15) is 12.4 Å². The second-order valence-corrected chi connectivity index (χ2v) is 6.12. The van der Waals surface area contributed by atoms with Crippen LogP contribution in [0.4, 0.5) is 5.69 Å². The summed E-state index contributed by atoms with van der Waals surface area (Å²) in [6.07, 6.45) is 5.98. The number of nitrogens with zero attached hydrogens (tertiary/aromatic N) is 1. The van der Waals surface area contributed by atoms with E-state index in [2.05, 4.69) is 29.2 Å². The van der Waals surface area contributed by atoms with Crippen molar-refractivity contribution in [1.82, 2.24) is 0 Å². The predicted molar refractivity (Wildman–Crippen MR) is 85.0 cm³/mol. The van der Waals surface area contributed by atoms with Crippen LogP contribution in [-0.2, 0) is 4.74 Å². The number of ether oxygens (including phenoxy) is 2. The molecule has 1 aromatic carbocycles. The first-order valence-electron chi connectivity index (χ1n) is 8.16. The number of anilines is 1. The summed E-state index contributed by atoms with van der Waals surface area (Å²) in [4.78, 5) is 2.40. The largest absolute Gasteiger partial charge is 0.491 e. The Kier molecular flexibility index (Phi) is 4.99. The topological polar surface area (TPSA) is 47.7 Å². The average molecular weight is 290 g/mol. The normalized spacial score (nSPS) is 24.0. The van der Waals surface area contributed by atoms with Crippen LogP contribution in [0.1, 0.15) is 32.1 Å². The Morgan fingerprint density at radius 2 is 1.86 bits per heavy atom. The molecule has 1 aromatic rings. The van der Waals surface area contributed by atoms with Crippen molar-refractivity contribution in [3.05, 3.63) is 24.3 Å². The van der Waals surface area contributed by atoms with Crippen molar-refractivity contribution < 1.29 is 9.47 Å². The minimum absolute atomic E-state index is 0.266. The molecule has 4 heteroatoms. The number of hydrogen-bond donors (Lipinski definition) is 1. The van der Waals surface area contributed by atoms with Gasteiger partial charge in [-0.25, -0.2) is 0 Å². The average Bonchev–Trinajstić information content (AvgIpc) is 2.55. The highest BCUT2D eigenvalue weighted by Crippen LogP contribution is 2.23. The first kappa shape index (κ1) is 14.7. The van der Waals surface area contributed by atoms with Crippen LogP contribution in [0.3, 0.4) is 0 Å². The van der Waals surface area contributed by atoms with Gasteiger partial charge in [-0.2, -0.15) is 0 Å². The van der Waals surface area contributed by atoms with Gasteiger partial charge >= 0.3 is 0 Å². The van der Waals surface area contributed by atoms with Gasteiger partial charge in [0.2, 0.25) is 0 Å². The fourth-order valence-corrected chi connectivity index (χ4v) is 3.04. The van der Waals surface area contributed by atoms with Gasteiger partial charge in [0.05, 0.1) is 6.10 Å². The molecule has 0 saturated carbocycles. The molecule has 1 atom stereocenters. The van der Waals surface area contributed by atoms with Crippen LogP contribution in [-0.4, -0.2) is 38.4 Å². The fraction of sp³-hybridized carbons (Fsp3) is 0.647. The van der Waals surface area contributed by atoms with Gasteiger partial charge in [0.25, 0.3) is 0 Å². The lowest BCUT2D eigenvalue weighted by Gasteiger charge is -2.32. The zero-order chi connectivity index (χ0) is 14.5. The Morgan fingerprint density at radius 1 is 1.10 bits per heavy atom. The molecule has 1 unspecified atom stereocenters. The van der Waals surface area contributed by atoms with Crippen molar-refractivity contribution in [2.24, 2.45) is 5.73 Å². The predicted octanol–water partition coefficient (Wildman–Crippen LogP) is 2.56. The molecule has 2 aliphatic heterocycles. The number of benzene rings is 1. The Morgan fingerprint density at radius 3 is 2.52 bits per heavy atom. The van der Waals surface area contributed by atoms with E-state index in [9.17, 15) is 0 Å². The first-order chi connectivity index (χ1) is 10.3. The Labute approximate surface area is 127 Å². The molecule has 0 amide bonds. The molecule has 0 radical (unpaired) electrons. The third-order valence-electron chi connectivity index (χ3n) is 4.45. The molecule has 2 heterocycles. The summed E-state index contributed by atoms with van der Waals surface area (Å²) in [5.74, 6) is 0.932. The lowest BCUT2D eigenvalue weighted by atomic mass is 10.1. The standard InChI is InChI=1S/C17H26N2O2/c18-14-8-10-19(11-9-14)15-4-6-16(7-5-15)21-13-17-3-1-2-12-20-17/h4-7,14,17H,1-3,8-13,18H2. The first-order valence-corrected chi connectivity index (χ1v) is 8.16. The van der Waals surface area contributed by atoms with E-state index in [0.29, 0.717) is 12.6 Å². The van der Waals surface area contributed by atoms with Crippen LogP contribution >= 0.6 is 0 Å². The van der Waals surface area contributed by atoms with Gasteiger partial charge < -0.3 is 20.1 Å². The SMILES string of the molecule is NC1CCN(c2ccc(OCC3CCCCO3)cc2)CC1. The number of rotatable bonds is 4. The number of nitrogens with two attached hydrogens (primary N) is 1. The highest BCUT2D eigenvalue weighted by atomic mass is 16.5. The Balaban J connectivity index is 1.49. The Bertz CT molecular complexity index is 421. The summed E-state index contributed by atoms with van der Waals surface area (Å²) in [5, 5.41) is 0. The highest BCUT2D eigenvalue weighted by molar-refractivity contribution is 5.49. The van der Waals surface area contributed by atoms with Gasteiger partial charge in [0, 0.05) is 31.4 Å². The lowest BCUT2D eigenvalue weighted by molar-refractivity contribution is -0.0110. The maximum Gasteiger partial charge on any atom is 0.119 e. The molecule has 0 aliphatic carbocycles. The number of hydrogen-bond acceptors (Lipinski definition) is 4. The molecule has 2 aliphatic rings. The zero-order valence-corrected chi connectivity index (χ0v) is 12.7. The summed E-state index contributed by atoms with van der Waals surface area (Å²) in [5.41, 5.74) is 7.22. The van der Waals surface area contributed by atoms with E-state index in [-0.39, 0.29) is 6.10 Å².